The van der Waals surface area contributed by atoms with E-state index in [1.165, 1.54) is 22.6 Å². The van der Waals surface area contributed by atoms with Gasteiger partial charge in [0, 0.05) is 36.7 Å². The van der Waals surface area contributed by atoms with E-state index >= 15 is 0 Å². The van der Waals surface area contributed by atoms with Crippen LogP contribution >= 0.6 is 11.3 Å². The lowest BCUT2D eigenvalue weighted by Crippen LogP contribution is -2.54. The highest BCUT2D eigenvalue weighted by Gasteiger charge is 2.29. The standard InChI is InChI=1S/C16H19N3OS/c1-12-5-3-4-6-15(12)18-7-8-19(13(2)9-18)16(20)14-10-21-11-17-14/h3-6,10-11,13H,7-9H2,1-2H3/t13-/m1/s1. The summed E-state index contributed by atoms with van der Waals surface area (Å²) in [7, 11) is 0. The minimum absolute atomic E-state index is 0.0492. The number of benzene rings is 1. The van der Waals surface area contributed by atoms with Gasteiger partial charge in [0.1, 0.15) is 5.69 Å². The summed E-state index contributed by atoms with van der Waals surface area (Å²) in [4.78, 5) is 20.9. The summed E-state index contributed by atoms with van der Waals surface area (Å²) in [5.74, 6) is 0.0492. The van der Waals surface area contributed by atoms with Crippen molar-refractivity contribution in [2.75, 3.05) is 24.5 Å². The Balaban J connectivity index is 1.73. The van der Waals surface area contributed by atoms with Crippen LogP contribution in [0.2, 0.25) is 0 Å². The normalized spacial score (nSPS) is 18.9. The molecule has 0 N–H and O–H groups in total. The highest BCUT2D eigenvalue weighted by molar-refractivity contribution is 7.07. The molecule has 1 aromatic carbocycles. The molecule has 21 heavy (non-hydrogen) atoms. The molecule has 0 spiro atoms. The molecule has 1 aliphatic rings. The van der Waals surface area contributed by atoms with Gasteiger partial charge in [-0.25, -0.2) is 4.98 Å². The predicted molar refractivity (Wildman–Crippen MR) is 86.0 cm³/mol. The van der Waals surface area contributed by atoms with Gasteiger partial charge in [0.2, 0.25) is 0 Å². The highest BCUT2D eigenvalue weighted by Crippen LogP contribution is 2.23. The second-order valence-electron chi connectivity index (χ2n) is 5.45. The van der Waals surface area contributed by atoms with Crippen LogP contribution in [0.15, 0.2) is 35.2 Å². The number of nitrogens with zero attached hydrogens (tertiary/aromatic N) is 3. The van der Waals surface area contributed by atoms with E-state index in [2.05, 4.69) is 48.0 Å². The molecule has 110 valence electrons. The summed E-state index contributed by atoms with van der Waals surface area (Å²) in [5, 5.41) is 1.82. The molecule has 2 heterocycles. The number of thiazole rings is 1. The van der Waals surface area contributed by atoms with Gasteiger partial charge in [-0.1, -0.05) is 18.2 Å². The van der Waals surface area contributed by atoms with Gasteiger partial charge in [-0.05, 0) is 25.5 Å². The van der Waals surface area contributed by atoms with Crippen LogP contribution in [-0.4, -0.2) is 41.5 Å². The quantitative estimate of drug-likeness (QED) is 0.856. The SMILES string of the molecule is Cc1ccccc1N1CCN(C(=O)c2cscn2)[C@H](C)C1. The zero-order valence-electron chi connectivity index (χ0n) is 12.3. The van der Waals surface area contributed by atoms with E-state index in [0.717, 1.165) is 19.6 Å². The van der Waals surface area contributed by atoms with Gasteiger partial charge in [-0.15, -0.1) is 11.3 Å². The Kier molecular flexibility index (Phi) is 3.92. The smallest absolute Gasteiger partial charge is 0.273 e. The molecule has 1 amide bonds. The number of aryl methyl sites for hydroxylation is 1. The van der Waals surface area contributed by atoms with Crippen molar-refractivity contribution in [3.63, 3.8) is 0 Å². The Bertz CT molecular complexity index is 626. The number of hydrogen-bond acceptors (Lipinski definition) is 4. The molecule has 0 unspecified atom stereocenters. The Morgan fingerprint density at radius 2 is 2.14 bits per heavy atom. The molecule has 0 bridgehead atoms. The lowest BCUT2D eigenvalue weighted by Gasteiger charge is -2.41. The molecule has 2 aromatic rings. The molecule has 0 saturated carbocycles. The number of rotatable bonds is 2. The van der Waals surface area contributed by atoms with Crippen molar-refractivity contribution in [2.24, 2.45) is 0 Å². The first-order valence-electron chi connectivity index (χ1n) is 7.16. The largest absolute Gasteiger partial charge is 0.367 e. The Morgan fingerprint density at radius 1 is 1.33 bits per heavy atom. The average Bonchev–Trinajstić information content (AvgIpc) is 3.01. The third-order valence-electron chi connectivity index (χ3n) is 4.00. The van der Waals surface area contributed by atoms with E-state index in [-0.39, 0.29) is 11.9 Å². The van der Waals surface area contributed by atoms with Gasteiger partial charge in [-0.3, -0.25) is 4.79 Å². The maximum atomic E-state index is 12.4. The van der Waals surface area contributed by atoms with Gasteiger partial charge in [0.25, 0.3) is 5.91 Å². The van der Waals surface area contributed by atoms with E-state index in [0.29, 0.717) is 5.69 Å². The first kappa shape index (κ1) is 14.1. The third-order valence-corrected chi connectivity index (χ3v) is 4.58. The van der Waals surface area contributed by atoms with Crippen molar-refractivity contribution in [3.8, 4) is 0 Å². The highest BCUT2D eigenvalue weighted by atomic mass is 32.1. The fourth-order valence-electron chi connectivity index (χ4n) is 2.86. The molecule has 1 saturated heterocycles. The van der Waals surface area contributed by atoms with Crippen LogP contribution in [-0.2, 0) is 0 Å². The summed E-state index contributed by atoms with van der Waals surface area (Å²) in [6, 6.07) is 8.60. The van der Waals surface area contributed by atoms with Gasteiger partial charge in [0.05, 0.1) is 5.51 Å². The summed E-state index contributed by atoms with van der Waals surface area (Å²) >= 11 is 1.46. The molecule has 3 rings (SSSR count). The Morgan fingerprint density at radius 3 is 2.81 bits per heavy atom. The molecule has 1 atom stereocenters. The number of carbonyl (C=O) groups excluding carboxylic acids is 1. The van der Waals surface area contributed by atoms with Gasteiger partial charge >= 0.3 is 0 Å². The summed E-state index contributed by atoms with van der Waals surface area (Å²) < 4.78 is 0. The van der Waals surface area contributed by atoms with Crippen LogP contribution in [0.4, 0.5) is 5.69 Å². The molecule has 4 nitrogen and oxygen atoms in total. The molecular weight excluding hydrogens is 282 g/mol. The van der Waals surface area contributed by atoms with Crippen molar-refractivity contribution in [1.29, 1.82) is 0 Å². The molecular formula is C16H19N3OS. The number of aromatic nitrogens is 1. The fraction of sp³-hybridized carbons (Fsp3) is 0.375. The van der Waals surface area contributed by atoms with E-state index in [1.54, 1.807) is 5.51 Å². The first-order chi connectivity index (χ1) is 10.2. The number of amides is 1. The summed E-state index contributed by atoms with van der Waals surface area (Å²) in [6.45, 7) is 6.71. The zero-order valence-corrected chi connectivity index (χ0v) is 13.1. The second-order valence-corrected chi connectivity index (χ2v) is 6.17. The first-order valence-corrected chi connectivity index (χ1v) is 8.11. The maximum Gasteiger partial charge on any atom is 0.273 e. The van der Waals surface area contributed by atoms with Crippen molar-refractivity contribution in [3.05, 3.63) is 46.4 Å². The molecule has 1 fully saturated rings. The van der Waals surface area contributed by atoms with E-state index in [4.69, 9.17) is 0 Å². The molecule has 1 aromatic heterocycles. The third kappa shape index (κ3) is 2.78. The Labute approximate surface area is 129 Å². The minimum Gasteiger partial charge on any atom is -0.367 e. The fourth-order valence-corrected chi connectivity index (χ4v) is 3.39. The zero-order chi connectivity index (χ0) is 14.8. The maximum absolute atomic E-state index is 12.4. The average molecular weight is 301 g/mol. The van der Waals surface area contributed by atoms with E-state index in [1.807, 2.05) is 10.3 Å². The van der Waals surface area contributed by atoms with Gasteiger partial charge in [-0.2, -0.15) is 0 Å². The number of hydrogen-bond donors (Lipinski definition) is 0. The molecule has 5 heteroatoms. The van der Waals surface area contributed by atoms with Crippen LogP contribution in [0.5, 0.6) is 0 Å². The number of anilines is 1. The topological polar surface area (TPSA) is 36.4 Å². The predicted octanol–water partition coefficient (Wildman–Crippen LogP) is 2.80. The van der Waals surface area contributed by atoms with Crippen molar-refractivity contribution < 1.29 is 4.79 Å². The lowest BCUT2D eigenvalue weighted by molar-refractivity contribution is 0.0669. The Hall–Kier alpha value is -1.88. The number of carbonyl (C=O) groups is 1. The monoisotopic (exact) mass is 301 g/mol. The molecule has 0 aliphatic carbocycles. The van der Waals surface area contributed by atoms with Gasteiger partial charge in [0.15, 0.2) is 0 Å². The van der Waals surface area contributed by atoms with Crippen LogP contribution in [0.25, 0.3) is 0 Å². The van der Waals surface area contributed by atoms with Crippen molar-refractivity contribution in [2.45, 2.75) is 19.9 Å². The second kappa shape index (κ2) is 5.85. The van der Waals surface area contributed by atoms with Crippen LogP contribution < -0.4 is 4.90 Å². The van der Waals surface area contributed by atoms with Crippen LogP contribution in [0.3, 0.4) is 0 Å². The van der Waals surface area contributed by atoms with E-state index < -0.39 is 0 Å². The van der Waals surface area contributed by atoms with Crippen molar-refractivity contribution in [1.82, 2.24) is 9.88 Å². The summed E-state index contributed by atoms with van der Waals surface area (Å²) in [5.41, 5.74) is 4.83. The molecule has 1 aliphatic heterocycles. The lowest BCUT2D eigenvalue weighted by atomic mass is 10.1. The van der Waals surface area contributed by atoms with Crippen molar-refractivity contribution >= 4 is 22.9 Å². The molecule has 0 radical (unpaired) electrons. The van der Waals surface area contributed by atoms with Crippen LogP contribution in [0, 0.1) is 6.92 Å². The number of para-hydroxylation sites is 1. The van der Waals surface area contributed by atoms with Crippen LogP contribution in [0.1, 0.15) is 23.0 Å². The minimum atomic E-state index is 0.0492. The van der Waals surface area contributed by atoms with E-state index in [9.17, 15) is 4.79 Å². The summed E-state index contributed by atoms with van der Waals surface area (Å²) in [6.07, 6.45) is 0. The van der Waals surface area contributed by atoms with Gasteiger partial charge < -0.3 is 9.80 Å². The number of piperazine rings is 1.